The van der Waals surface area contributed by atoms with Crippen LogP contribution in [0.25, 0.3) is 10.2 Å². The predicted octanol–water partition coefficient (Wildman–Crippen LogP) is 2.63. The minimum absolute atomic E-state index is 0.0316. The summed E-state index contributed by atoms with van der Waals surface area (Å²) in [5.74, 6) is -1.12. The van der Waals surface area contributed by atoms with Crippen molar-refractivity contribution in [2.45, 2.75) is 24.3 Å². The van der Waals surface area contributed by atoms with Crippen LogP contribution in [0.15, 0.2) is 52.2 Å². The van der Waals surface area contributed by atoms with Crippen molar-refractivity contribution < 1.29 is 17.6 Å². The van der Waals surface area contributed by atoms with Crippen LogP contribution in [0.5, 0.6) is 0 Å². The zero-order valence-electron chi connectivity index (χ0n) is 15.3. The van der Waals surface area contributed by atoms with Gasteiger partial charge in [0.05, 0.1) is 20.8 Å². The largest absolute Gasteiger partial charge is 0.322 e. The number of nitrogens with one attached hydrogen (secondary N) is 1. The van der Waals surface area contributed by atoms with E-state index in [1.54, 1.807) is 6.07 Å². The third-order valence-electron chi connectivity index (χ3n) is 4.79. The Bertz CT molecular complexity index is 1240. The molecule has 152 valence electrons. The highest BCUT2D eigenvalue weighted by Crippen LogP contribution is 2.26. The first kappa shape index (κ1) is 19.7. The number of amides is 1. The van der Waals surface area contributed by atoms with Crippen molar-refractivity contribution in [3.05, 3.63) is 57.9 Å². The zero-order chi connectivity index (χ0) is 20.6. The van der Waals surface area contributed by atoms with E-state index in [0.29, 0.717) is 23.3 Å². The van der Waals surface area contributed by atoms with E-state index in [0.717, 1.165) is 24.2 Å². The third kappa shape index (κ3) is 3.83. The first-order valence-corrected chi connectivity index (χ1v) is 11.3. The second kappa shape index (κ2) is 7.69. The van der Waals surface area contributed by atoms with Crippen molar-refractivity contribution in [2.75, 3.05) is 18.4 Å². The van der Waals surface area contributed by atoms with E-state index in [2.05, 4.69) is 5.32 Å². The summed E-state index contributed by atoms with van der Waals surface area (Å²) < 4.78 is 42.3. The summed E-state index contributed by atoms with van der Waals surface area (Å²) >= 11 is 0.873. The van der Waals surface area contributed by atoms with Gasteiger partial charge in [-0.25, -0.2) is 12.8 Å². The number of rotatable bonds is 5. The molecule has 2 aromatic carbocycles. The zero-order valence-corrected chi connectivity index (χ0v) is 16.9. The van der Waals surface area contributed by atoms with Gasteiger partial charge >= 0.3 is 4.87 Å². The number of thiazole rings is 1. The molecule has 1 saturated heterocycles. The summed E-state index contributed by atoms with van der Waals surface area (Å²) in [6, 6.07) is 10.2. The highest BCUT2D eigenvalue weighted by Gasteiger charge is 2.27. The lowest BCUT2D eigenvalue weighted by Crippen LogP contribution is -2.27. The van der Waals surface area contributed by atoms with Gasteiger partial charge in [-0.15, -0.1) is 0 Å². The van der Waals surface area contributed by atoms with Crippen molar-refractivity contribution in [1.29, 1.82) is 0 Å². The van der Waals surface area contributed by atoms with Gasteiger partial charge in [-0.05, 0) is 43.2 Å². The molecule has 0 unspecified atom stereocenters. The molecule has 1 N–H and O–H groups in total. The number of aromatic nitrogens is 1. The minimum Gasteiger partial charge on any atom is -0.322 e. The number of nitrogens with zero attached hydrogens (tertiary/aromatic N) is 2. The molecule has 0 saturated carbocycles. The summed E-state index contributed by atoms with van der Waals surface area (Å²) in [6.45, 7) is 0.688. The third-order valence-corrected chi connectivity index (χ3v) is 7.63. The maximum atomic E-state index is 13.7. The molecule has 0 bridgehead atoms. The van der Waals surface area contributed by atoms with Crippen molar-refractivity contribution in [3.63, 3.8) is 0 Å². The molecule has 0 radical (unpaired) electrons. The molecule has 7 nitrogen and oxygen atoms in total. The Kier molecular flexibility index (Phi) is 5.24. The van der Waals surface area contributed by atoms with Crippen LogP contribution in [0.1, 0.15) is 12.8 Å². The van der Waals surface area contributed by atoms with Gasteiger partial charge < -0.3 is 5.32 Å². The van der Waals surface area contributed by atoms with Crippen LogP contribution >= 0.6 is 11.3 Å². The van der Waals surface area contributed by atoms with E-state index in [9.17, 15) is 22.4 Å². The number of carbonyl (C=O) groups excluding carboxylic acids is 1. The molecule has 1 fully saturated rings. The molecule has 0 atom stereocenters. The highest BCUT2D eigenvalue weighted by molar-refractivity contribution is 7.89. The number of hydrogen-bond donors (Lipinski definition) is 1. The molecule has 3 aromatic rings. The Morgan fingerprint density at radius 1 is 1.14 bits per heavy atom. The van der Waals surface area contributed by atoms with Crippen molar-refractivity contribution in [2.24, 2.45) is 0 Å². The lowest BCUT2D eigenvalue weighted by Gasteiger charge is -2.15. The van der Waals surface area contributed by atoms with Crippen molar-refractivity contribution in [1.82, 2.24) is 8.87 Å². The minimum atomic E-state index is -3.59. The fraction of sp³-hybridized carbons (Fsp3) is 0.263. The van der Waals surface area contributed by atoms with Crippen LogP contribution in [-0.2, 0) is 21.4 Å². The van der Waals surface area contributed by atoms with Gasteiger partial charge in [-0.1, -0.05) is 23.5 Å². The van der Waals surface area contributed by atoms with Crippen LogP contribution in [0, 0.1) is 5.82 Å². The van der Waals surface area contributed by atoms with Gasteiger partial charge in [-0.2, -0.15) is 4.31 Å². The van der Waals surface area contributed by atoms with E-state index in [1.165, 1.54) is 45.3 Å². The molecule has 10 heteroatoms. The average Bonchev–Trinajstić information content (AvgIpc) is 3.32. The molecule has 1 aliphatic rings. The Morgan fingerprint density at radius 2 is 1.86 bits per heavy atom. The molecule has 2 heterocycles. The fourth-order valence-electron chi connectivity index (χ4n) is 3.33. The standard InChI is InChI=1S/C19H18FN3O4S2/c20-14-5-1-2-6-15(14)21-18(24)12-23-16-8-7-13(11-17(16)28-19(23)25)29(26,27)22-9-3-4-10-22/h1-2,5-8,11H,3-4,9-10,12H2,(H,21,24). The number of carbonyl (C=O) groups is 1. The quantitative estimate of drug-likeness (QED) is 0.667. The Hall–Kier alpha value is -2.56. The molecule has 1 aliphatic heterocycles. The van der Waals surface area contributed by atoms with E-state index < -0.39 is 21.7 Å². The van der Waals surface area contributed by atoms with Gasteiger partial charge in [0.2, 0.25) is 15.9 Å². The molecule has 4 rings (SSSR count). The number of para-hydroxylation sites is 1. The summed E-state index contributed by atoms with van der Waals surface area (Å²) in [5.41, 5.74) is 0.494. The Balaban J connectivity index is 1.61. The van der Waals surface area contributed by atoms with Crippen molar-refractivity contribution in [3.8, 4) is 0 Å². The molecule has 0 spiro atoms. The topological polar surface area (TPSA) is 88.5 Å². The lowest BCUT2D eigenvalue weighted by molar-refractivity contribution is -0.116. The van der Waals surface area contributed by atoms with Crippen LogP contribution < -0.4 is 10.2 Å². The smallest absolute Gasteiger partial charge is 0.308 e. The molecular weight excluding hydrogens is 417 g/mol. The first-order chi connectivity index (χ1) is 13.9. The average molecular weight is 436 g/mol. The molecule has 1 aromatic heterocycles. The van der Waals surface area contributed by atoms with E-state index in [4.69, 9.17) is 0 Å². The van der Waals surface area contributed by atoms with Gasteiger partial charge in [0, 0.05) is 13.1 Å². The van der Waals surface area contributed by atoms with Gasteiger partial charge in [0.15, 0.2) is 0 Å². The number of fused-ring (bicyclic) bond motifs is 1. The van der Waals surface area contributed by atoms with Gasteiger partial charge in [-0.3, -0.25) is 14.2 Å². The second-order valence-electron chi connectivity index (χ2n) is 6.72. The molecule has 1 amide bonds. The summed E-state index contributed by atoms with van der Waals surface area (Å²) in [5, 5.41) is 2.44. The molecular formula is C19H18FN3O4S2. The number of sulfonamides is 1. The number of benzene rings is 2. The molecule has 29 heavy (non-hydrogen) atoms. The Morgan fingerprint density at radius 3 is 2.59 bits per heavy atom. The monoisotopic (exact) mass is 435 g/mol. The summed E-state index contributed by atoms with van der Waals surface area (Å²) in [4.78, 5) is 24.4. The molecule has 0 aliphatic carbocycles. The van der Waals surface area contributed by atoms with Gasteiger partial charge in [0.1, 0.15) is 12.4 Å². The summed E-state index contributed by atoms with van der Waals surface area (Å²) in [7, 11) is -3.59. The van der Waals surface area contributed by atoms with Crippen molar-refractivity contribution >= 4 is 43.2 Å². The maximum Gasteiger partial charge on any atom is 0.308 e. The number of halogens is 1. The predicted molar refractivity (Wildman–Crippen MR) is 109 cm³/mol. The Labute approximate surface area is 170 Å². The second-order valence-corrected chi connectivity index (χ2v) is 9.65. The van der Waals surface area contributed by atoms with Crippen LogP contribution in [0.3, 0.4) is 0 Å². The SMILES string of the molecule is O=C(Cn1c(=O)sc2cc(S(=O)(=O)N3CCCC3)ccc21)Nc1ccccc1F. The summed E-state index contributed by atoms with van der Waals surface area (Å²) in [6.07, 6.45) is 1.67. The highest BCUT2D eigenvalue weighted by atomic mass is 32.2. The van der Waals surface area contributed by atoms with Crippen LogP contribution in [0.4, 0.5) is 10.1 Å². The van der Waals surface area contributed by atoms with Crippen LogP contribution in [0.2, 0.25) is 0 Å². The maximum absolute atomic E-state index is 13.7. The van der Waals surface area contributed by atoms with E-state index in [1.807, 2.05) is 0 Å². The van der Waals surface area contributed by atoms with Gasteiger partial charge in [0.25, 0.3) is 0 Å². The number of hydrogen-bond acceptors (Lipinski definition) is 5. The van der Waals surface area contributed by atoms with E-state index >= 15 is 0 Å². The first-order valence-electron chi connectivity index (χ1n) is 9.04. The lowest BCUT2D eigenvalue weighted by atomic mass is 10.3. The van der Waals surface area contributed by atoms with E-state index in [-0.39, 0.29) is 22.0 Å². The fourth-order valence-corrected chi connectivity index (χ4v) is 5.88. The number of anilines is 1. The van der Waals surface area contributed by atoms with Crippen LogP contribution in [-0.4, -0.2) is 36.3 Å². The normalized spacial score (nSPS) is 15.1.